The van der Waals surface area contributed by atoms with Gasteiger partial charge in [-0.25, -0.2) is 9.07 Å². The van der Waals surface area contributed by atoms with Crippen LogP contribution in [0.2, 0.25) is 0 Å². The van der Waals surface area contributed by atoms with E-state index in [4.69, 9.17) is 14.6 Å². The lowest BCUT2D eigenvalue weighted by molar-refractivity contribution is -0.0573. The first-order valence-corrected chi connectivity index (χ1v) is 11.8. The summed E-state index contributed by atoms with van der Waals surface area (Å²) in [7, 11) is 0. The zero-order chi connectivity index (χ0) is 24.3. The van der Waals surface area contributed by atoms with Crippen LogP contribution in [-0.4, -0.2) is 50.7 Å². The number of ether oxygens (including phenoxy) is 2. The predicted molar refractivity (Wildman–Crippen MR) is 130 cm³/mol. The maximum atomic E-state index is 13.5. The molecule has 1 N–H and O–H groups in total. The second kappa shape index (κ2) is 10.3. The van der Waals surface area contributed by atoms with Gasteiger partial charge in [0, 0.05) is 19.1 Å². The zero-order valence-corrected chi connectivity index (χ0v) is 20.4. The Bertz CT molecular complexity index is 1070. The molecule has 0 radical (unpaired) electrons. The number of aliphatic hydroxyl groups excluding tert-OH is 1. The Balaban J connectivity index is 1.61. The maximum Gasteiger partial charge on any atom is 0.227 e. The molecule has 1 aromatic heterocycles. The lowest BCUT2D eigenvalue weighted by Gasteiger charge is -2.27. The summed E-state index contributed by atoms with van der Waals surface area (Å²) in [6.07, 6.45) is 1.62. The predicted octanol–water partition coefficient (Wildman–Crippen LogP) is 5.25. The molecule has 0 spiro atoms. The Kier molecular flexibility index (Phi) is 7.36. The molecule has 0 bridgehead atoms. The summed E-state index contributed by atoms with van der Waals surface area (Å²) in [6, 6.07) is 16.2. The van der Waals surface area contributed by atoms with Gasteiger partial charge in [-0.2, -0.15) is 5.10 Å². The second-order valence-corrected chi connectivity index (χ2v) is 9.91. The van der Waals surface area contributed by atoms with Crippen LogP contribution >= 0.6 is 0 Å². The van der Waals surface area contributed by atoms with Gasteiger partial charge in [0.05, 0.1) is 35.3 Å². The van der Waals surface area contributed by atoms with Gasteiger partial charge in [0.1, 0.15) is 11.6 Å². The lowest BCUT2D eigenvalue weighted by atomic mass is 10.2. The number of aryl methyl sites for hydroxylation is 1. The Morgan fingerprint density at radius 1 is 1.12 bits per heavy atom. The zero-order valence-electron chi connectivity index (χ0n) is 20.4. The first-order valence-electron chi connectivity index (χ1n) is 11.8. The number of aliphatic hydroxyl groups is 1. The van der Waals surface area contributed by atoms with Crippen molar-refractivity contribution in [2.45, 2.75) is 64.8 Å². The minimum Gasteiger partial charge on any atom is -0.439 e. The number of aromatic nitrogens is 2. The minimum atomic E-state index is -0.592. The Morgan fingerprint density at radius 3 is 2.41 bits per heavy atom. The van der Waals surface area contributed by atoms with E-state index in [0.29, 0.717) is 30.8 Å². The van der Waals surface area contributed by atoms with E-state index in [1.807, 2.05) is 58.0 Å². The van der Waals surface area contributed by atoms with Gasteiger partial charge in [0.25, 0.3) is 0 Å². The van der Waals surface area contributed by atoms with Crippen molar-refractivity contribution in [1.29, 1.82) is 0 Å². The molecule has 182 valence electrons. The van der Waals surface area contributed by atoms with E-state index < -0.39 is 6.10 Å². The Labute approximate surface area is 200 Å². The van der Waals surface area contributed by atoms with Gasteiger partial charge in [-0.1, -0.05) is 18.2 Å². The largest absolute Gasteiger partial charge is 0.439 e. The van der Waals surface area contributed by atoms with E-state index in [1.165, 1.54) is 12.1 Å². The average molecular weight is 468 g/mol. The fourth-order valence-corrected chi connectivity index (χ4v) is 3.84. The molecule has 2 aromatic carbocycles. The van der Waals surface area contributed by atoms with E-state index in [1.54, 1.807) is 16.8 Å². The molecule has 3 aromatic rings. The van der Waals surface area contributed by atoms with Crippen LogP contribution < -0.4 is 4.74 Å². The standard InChI is InChI=1S/C27H34FN3O3/c1-19-25(17-30(21-12-13-21)16-23(32)18-33-27(2,3)4)26(34-24-14-10-20(28)11-15-24)31(29-19)22-8-6-5-7-9-22/h5-11,14-15,21,23,32H,12-13,16-18H2,1-4H3/t23-/m1/s1. The molecule has 0 unspecified atom stereocenters. The molecule has 1 saturated carbocycles. The fourth-order valence-electron chi connectivity index (χ4n) is 3.84. The SMILES string of the molecule is Cc1nn(-c2ccccc2)c(Oc2ccc(F)cc2)c1CN(C[C@@H](O)COC(C)(C)C)C1CC1. The normalized spacial score (nSPS) is 15.0. The smallest absolute Gasteiger partial charge is 0.227 e. The van der Waals surface area contributed by atoms with Crippen LogP contribution in [0.3, 0.4) is 0 Å². The number of halogens is 1. The summed E-state index contributed by atoms with van der Waals surface area (Å²) in [5.74, 6) is 0.824. The number of hydrogen-bond donors (Lipinski definition) is 1. The van der Waals surface area contributed by atoms with Crippen molar-refractivity contribution >= 4 is 0 Å². The van der Waals surface area contributed by atoms with Gasteiger partial charge in [0.15, 0.2) is 0 Å². The third-order valence-electron chi connectivity index (χ3n) is 5.74. The molecular formula is C27H34FN3O3. The van der Waals surface area contributed by atoms with Crippen molar-refractivity contribution < 1.29 is 19.0 Å². The van der Waals surface area contributed by atoms with Gasteiger partial charge < -0.3 is 14.6 Å². The second-order valence-electron chi connectivity index (χ2n) is 9.91. The lowest BCUT2D eigenvalue weighted by Crippen LogP contribution is -2.38. The molecule has 7 heteroatoms. The van der Waals surface area contributed by atoms with Crippen LogP contribution in [0.5, 0.6) is 11.6 Å². The van der Waals surface area contributed by atoms with Gasteiger partial charge in [-0.3, -0.25) is 4.90 Å². The molecule has 0 amide bonds. The van der Waals surface area contributed by atoms with Gasteiger partial charge in [-0.15, -0.1) is 0 Å². The average Bonchev–Trinajstić information content (AvgIpc) is 3.60. The maximum absolute atomic E-state index is 13.5. The first-order chi connectivity index (χ1) is 16.2. The summed E-state index contributed by atoms with van der Waals surface area (Å²) in [5.41, 5.74) is 2.39. The third kappa shape index (κ3) is 6.44. The van der Waals surface area contributed by atoms with Crippen molar-refractivity contribution in [1.82, 2.24) is 14.7 Å². The van der Waals surface area contributed by atoms with Crippen molar-refractivity contribution in [3.8, 4) is 17.3 Å². The van der Waals surface area contributed by atoms with E-state index in [9.17, 15) is 9.50 Å². The quantitative estimate of drug-likeness (QED) is 0.441. The van der Waals surface area contributed by atoms with Crippen LogP contribution in [0.25, 0.3) is 5.69 Å². The summed E-state index contributed by atoms with van der Waals surface area (Å²) in [4.78, 5) is 2.29. The molecule has 1 aliphatic carbocycles. The number of hydrogen-bond acceptors (Lipinski definition) is 5. The number of para-hydroxylation sites is 1. The van der Waals surface area contributed by atoms with Crippen molar-refractivity contribution in [3.05, 3.63) is 71.7 Å². The van der Waals surface area contributed by atoms with Crippen molar-refractivity contribution in [2.75, 3.05) is 13.2 Å². The van der Waals surface area contributed by atoms with E-state index in [-0.39, 0.29) is 18.0 Å². The highest BCUT2D eigenvalue weighted by Crippen LogP contribution is 2.35. The molecular weight excluding hydrogens is 433 g/mol. The van der Waals surface area contributed by atoms with Crippen LogP contribution in [0, 0.1) is 12.7 Å². The molecule has 34 heavy (non-hydrogen) atoms. The summed E-state index contributed by atoms with van der Waals surface area (Å²) < 4.78 is 27.3. The highest BCUT2D eigenvalue weighted by Gasteiger charge is 2.33. The van der Waals surface area contributed by atoms with Gasteiger partial charge in [-0.05, 0) is 76.9 Å². The van der Waals surface area contributed by atoms with Crippen LogP contribution in [0.1, 0.15) is 44.9 Å². The fraction of sp³-hybridized carbons (Fsp3) is 0.444. The number of benzene rings is 2. The molecule has 0 aliphatic heterocycles. The van der Waals surface area contributed by atoms with Gasteiger partial charge in [0.2, 0.25) is 5.88 Å². The molecule has 4 rings (SSSR count). The van der Waals surface area contributed by atoms with Gasteiger partial charge >= 0.3 is 0 Å². The number of rotatable bonds is 10. The summed E-state index contributed by atoms with van der Waals surface area (Å²) >= 11 is 0. The topological polar surface area (TPSA) is 59.8 Å². The highest BCUT2D eigenvalue weighted by molar-refractivity contribution is 5.43. The van der Waals surface area contributed by atoms with E-state index in [0.717, 1.165) is 29.8 Å². The van der Waals surface area contributed by atoms with Crippen LogP contribution in [0.15, 0.2) is 54.6 Å². The van der Waals surface area contributed by atoms with Crippen molar-refractivity contribution in [3.63, 3.8) is 0 Å². The van der Waals surface area contributed by atoms with E-state index in [2.05, 4.69) is 4.90 Å². The molecule has 1 heterocycles. The molecule has 1 fully saturated rings. The van der Waals surface area contributed by atoms with Crippen molar-refractivity contribution in [2.24, 2.45) is 0 Å². The molecule has 1 atom stereocenters. The first kappa shape index (κ1) is 24.4. The Hall–Kier alpha value is -2.74. The highest BCUT2D eigenvalue weighted by atomic mass is 19.1. The summed E-state index contributed by atoms with van der Waals surface area (Å²) in [5, 5.41) is 15.4. The molecule has 0 saturated heterocycles. The monoisotopic (exact) mass is 467 g/mol. The van der Waals surface area contributed by atoms with E-state index >= 15 is 0 Å². The van der Waals surface area contributed by atoms with Crippen LogP contribution in [0.4, 0.5) is 4.39 Å². The third-order valence-corrected chi connectivity index (χ3v) is 5.74. The minimum absolute atomic E-state index is 0.286. The number of nitrogens with zero attached hydrogens (tertiary/aromatic N) is 3. The van der Waals surface area contributed by atoms with Crippen LogP contribution in [-0.2, 0) is 11.3 Å². The molecule has 1 aliphatic rings. The Morgan fingerprint density at radius 2 is 1.79 bits per heavy atom. The molecule has 6 nitrogen and oxygen atoms in total. The summed E-state index contributed by atoms with van der Waals surface area (Å²) in [6.45, 7) is 9.31.